The van der Waals surface area contributed by atoms with Crippen LogP contribution in [0.2, 0.25) is 0 Å². The van der Waals surface area contributed by atoms with E-state index in [0.29, 0.717) is 6.04 Å². The topological polar surface area (TPSA) is 57.7 Å². The number of ether oxygens (including phenoxy) is 1. The normalized spacial score (nSPS) is 29.8. The zero-order valence-electron chi connectivity index (χ0n) is 14.8. The van der Waals surface area contributed by atoms with Crippen LogP contribution in [0.1, 0.15) is 31.2 Å². The van der Waals surface area contributed by atoms with Crippen molar-refractivity contribution in [1.82, 2.24) is 20.1 Å². The van der Waals surface area contributed by atoms with Crippen molar-refractivity contribution in [3.05, 3.63) is 30.1 Å². The molecule has 6 nitrogen and oxygen atoms in total. The molecule has 4 rings (SSSR count). The van der Waals surface area contributed by atoms with E-state index < -0.39 is 0 Å². The number of pyridine rings is 1. The lowest BCUT2D eigenvalue weighted by Crippen LogP contribution is -2.40. The molecule has 1 aromatic heterocycles. The molecule has 4 heterocycles. The number of carbonyl (C=O) groups excluding carboxylic acids is 1. The first kappa shape index (κ1) is 16.9. The van der Waals surface area contributed by atoms with E-state index in [2.05, 4.69) is 32.2 Å². The molecule has 0 spiro atoms. The molecule has 1 aromatic rings. The molecular formula is C19H28N4O2. The zero-order chi connectivity index (χ0) is 17.1. The summed E-state index contributed by atoms with van der Waals surface area (Å²) in [6.07, 6.45) is 8.01. The van der Waals surface area contributed by atoms with Crippen molar-refractivity contribution in [1.29, 1.82) is 0 Å². The first-order valence-electron chi connectivity index (χ1n) is 9.58. The van der Waals surface area contributed by atoms with Gasteiger partial charge in [-0.15, -0.1) is 0 Å². The van der Waals surface area contributed by atoms with Crippen molar-refractivity contribution < 1.29 is 9.53 Å². The number of hydrogen-bond acceptors (Lipinski definition) is 5. The lowest BCUT2D eigenvalue weighted by atomic mass is 10.1. The van der Waals surface area contributed by atoms with Crippen molar-refractivity contribution in [2.75, 3.05) is 32.7 Å². The van der Waals surface area contributed by atoms with Crippen molar-refractivity contribution in [2.24, 2.45) is 0 Å². The van der Waals surface area contributed by atoms with Gasteiger partial charge in [-0.2, -0.15) is 0 Å². The summed E-state index contributed by atoms with van der Waals surface area (Å²) in [7, 11) is 0. The molecule has 0 bridgehead atoms. The number of hydrogen-bond donors (Lipinski definition) is 1. The molecule has 1 N–H and O–H groups in total. The predicted molar refractivity (Wildman–Crippen MR) is 95.0 cm³/mol. The summed E-state index contributed by atoms with van der Waals surface area (Å²) >= 11 is 0. The summed E-state index contributed by atoms with van der Waals surface area (Å²) in [5.74, 6) is 0.0671. The van der Waals surface area contributed by atoms with Gasteiger partial charge in [-0.3, -0.25) is 14.7 Å². The highest BCUT2D eigenvalue weighted by Gasteiger charge is 2.45. The van der Waals surface area contributed by atoms with Gasteiger partial charge in [0.15, 0.2) is 0 Å². The Morgan fingerprint density at radius 3 is 2.84 bits per heavy atom. The fourth-order valence-corrected chi connectivity index (χ4v) is 4.38. The molecule has 0 aromatic carbocycles. The summed E-state index contributed by atoms with van der Waals surface area (Å²) < 4.78 is 6.06. The number of aromatic nitrogens is 1. The molecule has 136 valence electrons. The number of fused-ring (bicyclic) bond motifs is 1. The molecule has 0 aliphatic carbocycles. The quantitative estimate of drug-likeness (QED) is 0.835. The molecule has 25 heavy (non-hydrogen) atoms. The predicted octanol–water partition coefficient (Wildman–Crippen LogP) is 1.03. The molecule has 1 amide bonds. The molecular weight excluding hydrogens is 316 g/mol. The second-order valence-corrected chi connectivity index (χ2v) is 7.42. The van der Waals surface area contributed by atoms with Crippen molar-refractivity contribution in [2.45, 2.75) is 50.5 Å². The maximum Gasteiger partial charge on any atom is 0.249 e. The Hall–Kier alpha value is -1.50. The highest BCUT2D eigenvalue weighted by Crippen LogP contribution is 2.33. The van der Waals surface area contributed by atoms with Gasteiger partial charge in [-0.25, -0.2) is 0 Å². The van der Waals surface area contributed by atoms with Crippen molar-refractivity contribution in [3.8, 4) is 0 Å². The lowest BCUT2D eigenvalue weighted by molar-refractivity contribution is -0.132. The van der Waals surface area contributed by atoms with E-state index in [1.165, 1.54) is 31.5 Å². The second kappa shape index (κ2) is 7.81. The summed E-state index contributed by atoms with van der Waals surface area (Å²) in [5, 5.41) is 3.07. The average Bonchev–Trinajstić information content (AvgIpc) is 3.34. The van der Waals surface area contributed by atoms with Gasteiger partial charge in [0.1, 0.15) is 6.10 Å². The minimum absolute atomic E-state index is 0.0671. The Labute approximate surface area is 149 Å². The standard InChI is InChI=1S/C19H28N4O2/c24-19(21-8-12-22-9-1-2-10-22)18-13-16-17(25-18)5-11-23(16)14-15-3-6-20-7-4-15/h3-4,6-7,16-18H,1-2,5,8-14H2,(H,21,24)/t16-,17-,18+/m1/s1. The van der Waals surface area contributed by atoms with Crippen LogP contribution in [-0.4, -0.2) is 71.7 Å². The lowest BCUT2D eigenvalue weighted by Gasteiger charge is -2.22. The van der Waals surface area contributed by atoms with Gasteiger partial charge in [-0.1, -0.05) is 0 Å². The number of carbonyl (C=O) groups is 1. The monoisotopic (exact) mass is 344 g/mol. The van der Waals surface area contributed by atoms with E-state index in [1.54, 1.807) is 0 Å². The Kier molecular flexibility index (Phi) is 5.29. The third kappa shape index (κ3) is 4.02. The Bertz CT molecular complexity index is 576. The van der Waals surface area contributed by atoms with Crippen LogP contribution in [0, 0.1) is 0 Å². The Balaban J connectivity index is 1.25. The fraction of sp³-hybridized carbons (Fsp3) is 0.684. The van der Waals surface area contributed by atoms with Crippen LogP contribution in [0.5, 0.6) is 0 Å². The van der Waals surface area contributed by atoms with E-state index in [1.807, 2.05) is 12.4 Å². The van der Waals surface area contributed by atoms with Crippen LogP contribution in [0.3, 0.4) is 0 Å². The Morgan fingerprint density at radius 1 is 1.24 bits per heavy atom. The Morgan fingerprint density at radius 2 is 2.04 bits per heavy atom. The van der Waals surface area contributed by atoms with E-state index in [9.17, 15) is 4.79 Å². The molecule has 3 saturated heterocycles. The number of nitrogens with one attached hydrogen (secondary N) is 1. The van der Waals surface area contributed by atoms with Crippen LogP contribution in [0.4, 0.5) is 0 Å². The molecule has 3 atom stereocenters. The van der Waals surface area contributed by atoms with E-state index >= 15 is 0 Å². The van der Waals surface area contributed by atoms with E-state index in [-0.39, 0.29) is 18.1 Å². The van der Waals surface area contributed by atoms with Crippen molar-refractivity contribution >= 4 is 5.91 Å². The maximum atomic E-state index is 12.4. The number of nitrogens with zero attached hydrogens (tertiary/aromatic N) is 3. The molecule has 3 aliphatic heterocycles. The fourth-order valence-electron chi connectivity index (χ4n) is 4.38. The molecule has 3 fully saturated rings. The molecule has 0 unspecified atom stereocenters. The minimum Gasteiger partial charge on any atom is -0.363 e. The maximum absolute atomic E-state index is 12.4. The average molecular weight is 344 g/mol. The minimum atomic E-state index is -0.284. The van der Waals surface area contributed by atoms with Gasteiger partial charge in [0, 0.05) is 51.0 Å². The molecule has 0 radical (unpaired) electrons. The molecule has 0 saturated carbocycles. The van der Waals surface area contributed by atoms with Crippen LogP contribution in [-0.2, 0) is 16.1 Å². The molecule has 6 heteroatoms. The highest BCUT2D eigenvalue weighted by atomic mass is 16.5. The van der Waals surface area contributed by atoms with E-state index in [4.69, 9.17) is 4.74 Å². The van der Waals surface area contributed by atoms with Gasteiger partial charge in [0.25, 0.3) is 0 Å². The first-order chi connectivity index (χ1) is 12.3. The number of rotatable bonds is 6. The van der Waals surface area contributed by atoms with Gasteiger partial charge in [-0.05, 0) is 50.0 Å². The summed E-state index contributed by atoms with van der Waals surface area (Å²) in [6.45, 7) is 5.99. The highest BCUT2D eigenvalue weighted by molar-refractivity contribution is 5.81. The molecule has 3 aliphatic rings. The van der Waals surface area contributed by atoms with Crippen LogP contribution < -0.4 is 5.32 Å². The van der Waals surface area contributed by atoms with Gasteiger partial charge >= 0.3 is 0 Å². The van der Waals surface area contributed by atoms with E-state index in [0.717, 1.165) is 39.0 Å². The summed E-state index contributed by atoms with van der Waals surface area (Å²) in [4.78, 5) is 21.4. The van der Waals surface area contributed by atoms with Crippen LogP contribution in [0.15, 0.2) is 24.5 Å². The third-order valence-corrected chi connectivity index (χ3v) is 5.75. The SMILES string of the molecule is O=C(NCCN1CCCC1)[C@@H]1C[C@@H]2[C@@H](CCN2Cc2ccncc2)O1. The number of amides is 1. The van der Waals surface area contributed by atoms with Gasteiger partial charge in [0.2, 0.25) is 5.91 Å². The van der Waals surface area contributed by atoms with Crippen LogP contribution >= 0.6 is 0 Å². The van der Waals surface area contributed by atoms with Crippen molar-refractivity contribution in [3.63, 3.8) is 0 Å². The van der Waals surface area contributed by atoms with Gasteiger partial charge < -0.3 is 15.0 Å². The summed E-state index contributed by atoms with van der Waals surface area (Å²) in [6, 6.07) is 4.49. The van der Waals surface area contributed by atoms with Crippen LogP contribution in [0.25, 0.3) is 0 Å². The van der Waals surface area contributed by atoms with Gasteiger partial charge in [0.05, 0.1) is 6.10 Å². The number of likely N-dealkylation sites (tertiary alicyclic amines) is 2. The zero-order valence-corrected chi connectivity index (χ0v) is 14.8. The first-order valence-corrected chi connectivity index (χ1v) is 9.58. The summed E-state index contributed by atoms with van der Waals surface area (Å²) in [5.41, 5.74) is 1.27. The third-order valence-electron chi connectivity index (χ3n) is 5.75. The largest absolute Gasteiger partial charge is 0.363 e. The second-order valence-electron chi connectivity index (χ2n) is 7.42. The smallest absolute Gasteiger partial charge is 0.249 e.